The maximum Gasteiger partial charge on any atom is 0.314 e. The van der Waals surface area contributed by atoms with Crippen LogP contribution in [0.15, 0.2) is 0 Å². The molecule has 0 aliphatic carbocycles. The van der Waals surface area contributed by atoms with Crippen LogP contribution in [0.5, 0.6) is 0 Å². The van der Waals surface area contributed by atoms with Crippen molar-refractivity contribution in [3.63, 3.8) is 0 Å². The average molecular weight is 188 g/mol. The number of carbonyl (C=O) groups excluding carboxylic acids is 1. The maximum absolute atomic E-state index is 11.0. The predicted molar refractivity (Wildman–Crippen MR) is 52.8 cm³/mol. The van der Waals surface area contributed by atoms with Gasteiger partial charge in [0.1, 0.15) is 0 Å². The molecule has 0 saturated carbocycles. The lowest BCUT2D eigenvalue weighted by Gasteiger charge is -2.06. The van der Waals surface area contributed by atoms with Gasteiger partial charge >= 0.3 is 6.03 Å². The van der Waals surface area contributed by atoms with Gasteiger partial charge in [-0.05, 0) is 13.3 Å². The first kappa shape index (κ1) is 12.2. The van der Waals surface area contributed by atoms with E-state index in [1.54, 1.807) is 0 Å². The third-order valence-electron chi connectivity index (χ3n) is 1.55. The predicted octanol–water partition coefficient (Wildman–Crippen LogP) is 1.12. The van der Waals surface area contributed by atoms with Crippen molar-refractivity contribution >= 4 is 6.03 Å². The number of hydrogen-bond acceptors (Lipinski definition) is 2. The average Bonchev–Trinajstić information content (AvgIpc) is 2.13. The van der Waals surface area contributed by atoms with Crippen LogP contribution in [0.3, 0.4) is 0 Å². The Morgan fingerprint density at radius 3 is 2.54 bits per heavy atom. The summed E-state index contributed by atoms with van der Waals surface area (Å²) in [5.41, 5.74) is 0. The molecule has 0 aromatic heterocycles. The van der Waals surface area contributed by atoms with Gasteiger partial charge in [-0.15, -0.1) is 0 Å². The van der Waals surface area contributed by atoms with Crippen LogP contribution in [0.4, 0.5) is 4.79 Å². The van der Waals surface area contributed by atoms with Crippen LogP contribution in [0.1, 0.15) is 26.7 Å². The molecule has 2 N–H and O–H groups in total. The van der Waals surface area contributed by atoms with Crippen LogP contribution in [-0.4, -0.2) is 32.3 Å². The first-order chi connectivity index (χ1) is 6.31. The second kappa shape index (κ2) is 9.32. The van der Waals surface area contributed by atoms with Crippen LogP contribution < -0.4 is 10.6 Å². The Kier molecular flexibility index (Phi) is 8.77. The van der Waals surface area contributed by atoms with Crippen molar-refractivity contribution in [1.29, 1.82) is 0 Å². The molecular weight excluding hydrogens is 168 g/mol. The molecule has 0 heterocycles. The van der Waals surface area contributed by atoms with Crippen LogP contribution in [0.25, 0.3) is 0 Å². The van der Waals surface area contributed by atoms with Gasteiger partial charge in [-0.1, -0.05) is 13.3 Å². The molecule has 0 unspecified atom stereocenters. The summed E-state index contributed by atoms with van der Waals surface area (Å²) in [6.07, 6.45) is 2.12. The summed E-state index contributed by atoms with van der Waals surface area (Å²) >= 11 is 0. The van der Waals surface area contributed by atoms with Gasteiger partial charge in [0.25, 0.3) is 0 Å². The van der Waals surface area contributed by atoms with Crippen LogP contribution in [0, 0.1) is 0 Å². The molecule has 13 heavy (non-hydrogen) atoms. The van der Waals surface area contributed by atoms with Gasteiger partial charge in [0.15, 0.2) is 0 Å². The van der Waals surface area contributed by atoms with E-state index in [1.807, 2.05) is 6.92 Å². The zero-order chi connectivity index (χ0) is 9.94. The number of ether oxygens (including phenoxy) is 1. The van der Waals surface area contributed by atoms with Gasteiger partial charge in [0.2, 0.25) is 0 Å². The Labute approximate surface area is 80.0 Å². The number of nitrogens with one attached hydrogen (secondary N) is 2. The number of hydrogen-bond donors (Lipinski definition) is 2. The van der Waals surface area contributed by atoms with E-state index in [2.05, 4.69) is 17.6 Å². The third kappa shape index (κ3) is 9.14. The lowest BCUT2D eigenvalue weighted by molar-refractivity contribution is 0.149. The lowest BCUT2D eigenvalue weighted by Crippen LogP contribution is -2.37. The van der Waals surface area contributed by atoms with Gasteiger partial charge in [0.05, 0.1) is 6.61 Å². The van der Waals surface area contributed by atoms with Gasteiger partial charge < -0.3 is 15.4 Å². The van der Waals surface area contributed by atoms with E-state index >= 15 is 0 Å². The van der Waals surface area contributed by atoms with Gasteiger partial charge in [0, 0.05) is 19.7 Å². The summed E-state index contributed by atoms with van der Waals surface area (Å²) in [6.45, 7) is 6.62. The minimum atomic E-state index is -0.104. The highest BCUT2D eigenvalue weighted by atomic mass is 16.5. The Morgan fingerprint density at radius 2 is 1.92 bits per heavy atom. The molecule has 0 radical (unpaired) electrons. The minimum Gasteiger partial charge on any atom is -0.380 e. The summed E-state index contributed by atoms with van der Waals surface area (Å²) in [6, 6.07) is -0.104. The Hall–Kier alpha value is -0.770. The monoisotopic (exact) mass is 188 g/mol. The molecule has 4 heteroatoms. The molecule has 2 amide bonds. The Bertz CT molecular complexity index is 129. The van der Waals surface area contributed by atoms with Crippen LogP contribution >= 0.6 is 0 Å². The van der Waals surface area contributed by atoms with Crippen molar-refractivity contribution in [3.05, 3.63) is 0 Å². The molecule has 0 spiro atoms. The van der Waals surface area contributed by atoms with Crippen molar-refractivity contribution in [2.24, 2.45) is 0 Å². The summed E-state index contributed by atoms with van der Waals surface area (Å²) in [5, 5.41) is 5.46. The molecule has 0 saturated heterocycles. The van der Waals surface area contributed by atoms with Gasteiger partial charge in [-0.3, -0.25) is 0 Å². The zero-order valence-electron chi connectivity index (χ0n) is 8.56. The molecule has 0 rings (SSSR count). The standard InChI is InChI=1S/C9H20N2O2/c1-3-5-6-10-9(12)11-7-8-13-4-2/h3-8H2,1-2H3,(H2,10,11,12). The van der Waals surface area contributed by atoms with Crippen molar-refractivity contribution in [3.8, 4) is 0 Å². The largest absolute Gasteiger partial charge is 0.380 e. The molecule has 0 atom stereocenters. The second-order valence-corrected chi connectivity index (χ2v) is 2.73. The fraction of sp³-hybridized carbons (Fsp3) is 0.889. The third-order valence-corrected chi connectivity index (χ3v) is 1.55. The number of amides is 2. The zero-order valence-corrected chi connectivity index (χ0v) is 8.56. The summed E-state index contributed by atoms with van der Waals surface area (Å²) < 4.78 is 5.07. The van der Waals surface area contributed by atoms with Crippen LogP contribution in [0.2, 0.25) is 0 Å². The van der Waals surface area contributed by atoms with Crippen molar-refractivity contribution in [2.75, 3.05) is 26.3 Å². The normalized spacial score (nSPS) is 9.69. The van der Waals surface area contributed by atoms with E-state index in [4.69, 9.17) is 4.74 Å². The van der Waals surface area contributed by atoms with E-state index in [1.165, 1.54) is 0 Å². The van der Waals surface area contributed by atoms with E-state index < -0.39 is 0 Å². The van der Waals surface area contributed by atoms with Crippen molar-refractivity contribution < 1.29 is 9.53 Å². The van der Waals surface area contributed by atoms with Crippen LogP contribution in [-0.2, 0) is 4.74 Å². The van der Waals surface area contributed by atoms with E-state index in [0.717, 1.165) is 19.4 Å². The smallest absolute Gasteiger partial charge is 0.314 e. The molecule has 0 aliphatic heterocycles. The molecule has 4 nitrogen and oxygen atoms in total. The van der Waals surface area contributed by atoms with Gasteiger partial charge in [-0.25, -0.2) is 4.79 Å². The highest BCUT2D eigenvalue weighted by Gasteiger charge is 1.96. The molecule has 0 aromatic carbocycles. The SMILES string of the molecule is CCCCNC(=O)NCCOCC. The number of rotatable bonds is 7. The fourth-order valence-electron chi connectivity index (χ4n) is 0.822. The maximum atomic E-state index is 11.0. The summed E-state index contributed by atoms with van der Waals surface area (Å²) in [4.78, 5) is 11.0. The summed E-state index contributed by atoms with van der Waals surface area (Å²) in [7, 11) is 0. The minimum absolute atomic E-state index is 0.104. The Morgan fingerprint density at radius 1 is 1.23 bits per heavy atom. The molecule has 0 bridgehead atoms. The number of urea groups is 1. The Balaban J connectivity index is 3.11. The first-order valence-corrected chi connectivity index (χ1v) is 4.90. The van der Waals surface area contributed by atoms with E-state index in [0.29, 0.717) is 19.8 Å². The lowest BCUT2D eigenvalue weighted by atomic mass is 10.3. The topological polar surface area (TPSA) is 50.4 Å². The fourth-order valence-corrected chi connectivity index (χ4v) is 0.822. The summed E-state index contributed by atoms with van der Waals surface area (Å²) in [5.74, 6) is 0. The number of carbonyl (C=O) groups is 1. The van der Waals surface area contributed by atoms with E-state index in [9.17, 15) is 4.79 Å². The number of unbranched alkanes of at least 4 members (excludes halogenated alkanes) is 1. The first-order valence-electron chi connectivity index (χ1n) is 4.90. The molecule has 78 valence electrons. The van der Waals surface area contributed by atoms with Gasteiger partial charge in [-0.2, -0.15) is 0 Å². The highest BCUT2D eigenvalue weighted by Crippen LogP contribution is 1.81. The van der Waals surface area contributed by atoms with Crippen molar-refractivity contribution in [1.82, 2.24) is 10.6 Å². The second-order valence-electron chi connectivity index (χ2n) is 2.73. The highest BCUT2D eigenvalue weighted by molar-refractivity contribution is 5.73. The van der Waals surface area contributed by atoms with E-state index in [-0.39, 0.29) is 6.03 Å². The molecule has 0 aliphatic rings. The van der Waals surface area contributed by atoms with Crippen molar-refractivity contribution in [2.45, 2.75) is 26.7 Å². The molecule has 0 fully saturated rings. The molecular formula is C9H20N2O2. The molecule has 0 aromatic rings. The quantitative estimate of drug-likeness (QED) is 0.588.